The molecule has 0 spiro atoms. The van der Waals surface area contributed by atoms with E-state index in [4.69, 9.17) is 0 Å². The number of nitrogens with one attached hydrogen (secondary N) is 1. The quantitative estimate of drug-likeness (QED) is 0.390. The molecule has 2 aliphatic heterocycles. The van der Waals surface area contributed by atoms with Gasteiger partial charge >= 0.3 is 0 Å². The van der Waals surface area contributed by atoms with Gasteiger partial charge in [0.1, 0.15) is 5.82 Å². The van der Waals surface area contributed by atoms with Crippen LogP contribution in [-0.4, -0.2) is 63.2 Å². The van der Waals surface area contributed by atoms with E-state index in [-0.39, 0.29) is 34.9 Å². The largest absolute Gasteiger partial charge is 0.371 e. The standard InChI is InChI=1S/C34H41FN4O3S/c1-2-33(40)37-32-8-4-7-31(32)34(23-36,26-5-3-6-27(35)19-26)25-15-17-38(18-16-25)20-24-21-39(22-24)28-9-11-29(12-10-28)43(41,42)30-13-14-30/h2-3,5-6,9-12,19,24-25,30-32H,1,4,7-8,13-18,20-22H2,(H,37,40)/t31-,32-,34?/m0/s1. The van der Waals surface area contributed by atoms with E-state index in [1.54, 1.807) is 18.2 Å². The zero-order chi connectivity index (χ0) is 30.2. The molecular formula is C34H41FN4O3S. The lowest BCUT2D eigenvalue weighted by Crippen LogP contribution is -2.55. The van der Waals surface area contributed by atoms with Gasteiger partial charge in [-0.1, -0.05) is 25.1 Å². The number of benzene rings is 2. The lowest BCUT2D eigenvalue weighted by molar-refractivity contribution is -0.117. The molecule has 1 unspecified atom stereocenters. The first-order chi connectivity index (χ1) is 20.7. The van der Waals surface area contributed by atoms with Gasteiger partial charge in [-0.25, -0.2) is 12.8 Å². The highest BCUT2D eigenvalue weighted by molar-refractivity contribution is 7.92. The smallest absolute Gasteiger partial charge is 0.243 e. The van der Waals surface area contributed by atoms with Crippen molar-refractivity contribution < 1.29 is 17.6 Å². The second-order valence-electron chi connectivity index (χ2n) is 12.9. The molecule has 1 amide bonds. The topological polar surface area (TPSA) is 93.5 Å². The molecule has 4 aliphatic rings. The van der Waals surface area contributed by atoms with Crippen molar-refractivity contribution in [3.63, 3.8) is 0 Å². The normalized spacial score (nSPS) is 25.0. The van der Waals surface area contributed by atoms with Crippen LogP contribution in [0.15, 0.2) is 66.1 Å². The molecule has 0 radical (unpaired) electrons. The van der Waals surface area contributed by atoms with Gasteiger partial charge in [-0.3, -0.25) is 4.79 Å². The molecule has 228 valence electrons. The van der Waals surface area contributed by atoms with E-state index in [0.29, 0.717) is 10.8 Å². The van der Waals surface area contributed by atoms with Crippen molar-refractivity contribution in [1.29, 1.82) is 5.26 Å². The average Bonchev–Trinajstić information content (AvgIpc) is 3.77. The number of carbonyl (C=O) groups is 1. The van der Waals surface area contributed by atoms with Crippen molar-refractivity contribution >= 4 is 21.4 Å². The minimum Gasteiger partial charge on any atom is -0.371 e. The van der Waals surface area contributed by atoms with Crippen LogP contribution < -0.4 is 10.2 Å². The fourth-order valence-corrected chi connectivity index (χ4v) is 9.56. The molecule has 2 aromatic rings. The summed E-state index contributed by atoms with van der Waals surface area (Å²) in [4.78, 5) is 17.5. The molecule has 0 aromatic heterocycles. The van der Waals surface area contributed by atoms with E-state index in [0.717, 1.165) is 88.9 Å². The van der Waals surface area contributed by atoms with Gasteiger partial charge in [-0.05, 0) is 106 Å². The Bertz CT molecular complexity index is 1490. The highest BCUT2D eigenvalue weighted by atomic mass is 32.2. The predicted molar refractivity (Wildman–Crippen MR) is 165 cm³/mol. The molecule has 6 rings (SSSR count). The van der Waals surface area contributed by atoms with E-state index < -0.39 is 15.3 Å². The van der Waals surface area contributed by atoms with Crippen LogP contribution in [0.4, 0.5) is 10.1 Å². The zero-order valence-corrected chi connectivity index (χ0v) is 25.4. The molecule has 2 heterocycles. The number of hydrogen-bond acceptors (Lipinski definition) is 6. The molecular weight excluding hydrogens is 563 g/mol. The van der Waals surface area contributed by atoms with E-state index >= 15 is 0 Å². The highest BCUT2D eigenvalue weighted by Crippen LogP contribution is 2.50. The van der Waals surface area contributed by atoms with Gasteiger partial charge < -0.3 is 15.1 Å². The molecule has 2 saturated heterocycles. The van der Waals surface area contributed by atoms with E-state index in [1.165, 1.54) is 18.2 Å². The summed E-state index contributed by atoms with van der Waals surface area (Å²) in [7, 11) is -3.17. The Labute approximate surface area is 254 Å². The van der Waals surface area contributed by atoms with Gasteiger partial charge in [-0.15, -0.1) is 0 Å². The third kappa shape index (κ3) is 5.84. The van der Waals surface area contributed by atoms with Crippen LogP contribution in [-0.2, 0) is 20.0 Å². The van der Waals surface area contributed by atoms with Gasteiger partial charge in [0, 0.05) is 43.2 Å². The first kappa shape index (κ1) is 29.8. The molecule has 2 saturated carbocycles. The number of hydrogen-bond donors (Lipinski definition) is 1. The Morgan fingerprint density at radius 1 is 1.07 bits per heavy atom. The van der Waals surface area contributed by atoms with Crippen molar-refractivity contribution in [1.82, 2.24) is 10.2 Å². The van der Waals surface area contributed by atoms with Crippen LogP contribution >= 0.6 is 0 Å². The Morgan fingerprint density at radius 2 is 1.79 bits per heavy atom. The van der Waals surface area contributed by atoms with Gasteiger partial charge in [0.25, 0.3) is 0 Å². The third-order valence-corrected chi connectivity index (χ3v) is 12.6. The van der Waals surface area contributed by atoms with E-state index in [9.17, 15) is 22.9 Å². The number of nitrogens with zero attached hydrogens (tertiary/aromatic N) is 3. The second kappa shape index (κ2) is 12.0. The van der Waals surface area contributed by atoms with Crippen molar-refractivity contribution in [3.8, 4) is 6.07 Å². The highest BCUT2D eigenvalue weighted by Gasteiger charge is 2.52. The monoisotopic (exact) mass is 604 g/mol. The van der Waals surface area contributed by atoms with Crippen molar-refractivity contribution in [2.45, 2.75) is 66.5 Å². The predicted octanol–water partition coefficient (Wildman–Crippen LogP) is 4.84. The number of nitriles is 1. The maximum Gasteiger partial charge on any atom is 0.243 e. The summed E-state index contributed by atoms with van der Waals surface area (Å²) in [6.45, 7) is 8.22. The molecule has 3 atom stereocenters. The third-order valence-electron chi connectivity index (χ3n) is 10.3. The van der Waals surface area contributed by atoms with E-state index in [1.807, 2.05) is 18.2 Å². The Morgan fingerprint density at radius 3 is 2.42 bits per heavy atom. The SMILES string of the molecule is C=CC(=O)N[C@H]1CCC[C@@H]1C(C#N)(c1cccc(F)c1)C1CCN(CC2CN(c3ccc(S(=O)(=O)C4CC4)cc3)C2)CC1. The van der Waals surface area contributed by atoms with Crippen molar-refractivity contribution in [2.75, 3.05) is 37.6 Å². The molecule has 4 fully saturated rings. The number of piperidine rings is 1. The van der Waals surface area contributed by atoms with Crippen LogP contribution in [0.3, 0.4) is 0 Å². The fraction of sp³-hybridized carbons (Fsp3) is 0.529. The van der Waals surface area contributed by atoms with Gasteiger partial charge in [-0.2, -0.15) is 5.26 Å². The molecule has 7 nitrogen and oxygen atoms in total. The minimum atomic E-state index is -3.17. The van der Waals surface area contributed by atoms with Gasteiger partial charge in [0.2, 0.25) is 5.91 Å². The van der Waals surface area contributed by atoms with Crippen LogP contribution in [0, 0.1) is 34.9 Å². The second-order valence-corrected chi connectivity index (χ2v) is 15.2. The lowest BCUT2D eigenvalue weighted by Gasteiger charge is -2.48. The van der Waals surface area contributed by atoms with Crippen molar-refractivity contribution in [3.05, 3.63) is 72.6 Å². The summed E-state index contributed by atoms with van der Waals surface area (Å²) in [5.74, 6) is -0.0704. The van der Waals surface area contributed by atoms with E-state index in [2.05, 4.69) is 27.8 Å². The maximum absolute atomic E-state index is 14.5. The molecule has 0 bridgehead atoms. The van der Waals surface area contributed by atoms with Crippen LogP contribution in [0.5, 0.6) is 0 Å². The maximum atomic E-state index is 14.5. The number of rotatable bonds is 10. The molecule has 2 aromatic carbocycles. The van der Waals surface area contributed by atoms with Gasteiger partial charge in [0.15, 0.2) is 9.84 Å². The summed E-state index contributed by atoms with van der Waals surface area (Å²) in [5, 5.41) is 13.8. The number of anilines is 1. The number of amides is 1. The first-order valence-corrected chi connectivity index (χ1v) is 17.2. The molecule has 9 heteroatoms. The summed E-state index contributed by atoms with van der Waals surface area (Å²) >= 11 is 0. The van der Waals surface area contributed by atoms with Crippen molar-refractivity contribution in [2.24, 2.45) is 17.8 Å². The fourth-order valence-electron chi connectivity index (χ4n) is 7.91. The molecule has 43 heavy (non-hydrogen) atoms. The molecule has 1 N–H and O–H groups in total. The zero-order valence-electron chi connectivity index (χ0n) is 24.6. The summed E-state index contributed by atoms with van der Waals surface area (Å²) < 4.78 is 39.5. The molecule has 2 aliphatic carbocycles. The summed E-state index contributed by atoms with van der Waals surface area (Å²) in [5.41, 5.74) is 0.910. The van der Waals surface area contributed by atoms with Crippen LogP contribution in [0.2, 0.25) is 0 Å². The number of halogens is 1. The Hall–Kier alpha value is -3.22. The number of likely N-dealkylation sites (tertiary alicyclic amines) is 1. The van der Waals surface area contributed by atoms with Crippen LogP contribution in [0.25, 0.3) is 0 Å². The minimum absolute atomic E-state index is 0.0603. The average molecular weight is 605 g/mol. The van der Waals surface area contributed by atoms with Crippen LogP contribution in [0.1, 0.15) is 50.5 Å². The number of carbonyl (C=O) groups excluding carboxylic acids is 1. The Kier molecular flexibility index (Phi) is 8.36. The first-order valence-electron chi connectivity index (χ1n) is 15.7. The lowest BCUT2D eigenvalue weighted by atomic mass is 9.59. The Balaban J connectivity index is 1.09. The summed E-state index contributed by atoms with van der Waals surface area (Å²) in [6, 6.07) is 16.5. The summed E-state index contributed by atoms with van der Waals surface area (Å²) in [6.07, 6.45) is 7.05. The number of sulfone groups is 1. The van der Waals surface area contributed by atoms with Gasteiger partial charge in [0.05, 0.1) is 21.6 Å².